The molecule has 114 valence electrons. The second kappa shape index (κ2) is 6.08. The lowest BCUT2D eigenvalue weighted by molar-refractivity contribution is 0.468. The molecule has 0 aliphatic rings. The number of hydrogen-bond donors (Lipinski definition) is 2. The molecule has 0 saturated heterocycles. The normalized spacial score (nSPS) is 12.7. The van der Waals surface area contributed by atoms with Gasteiger partial charge >= 0.3 is 0 Å². The van der Waals surface area contributed by atoms with Gasteiger partial charge in [0, 0.05) is 19.8 Å². The second-order valence-corrected chi connectivity index (χ2v) is 8.43. The molecule has 0 aliphatic carbocycles. The van der Waals surface area contributed by atoms with Crippen LogP contribution in [-0.2, 0) is 19.9 Å². The highest BCUT2D eigenvalue weighted by molar-refractivity contribution is 7.91. The summed E-state index contributed by atoms with van der Waals surface area (Å²) in [7, 11) is -5.86. The SMILES string of the molecule is CCCN(C)S(=O)(=O)c1cc(S(C)(=O)=O)ccc1NN. The van der Waals surface area contributed by atoms with Gasteiger partial charge in [0.05, 0.1) is 10.6 Å². The van der Waals surface area contributed by atoms with Gasteiger partial charge in [0.25, 0.3) is 0 Å². The first-order valence-corrected chi connectivity index (χ1v) is 9.24. The number of nitrogens with one attached hydrogen (secondary N) is 1. The van der Waals surface area contributed by atoms with Crippen molar-refractivity contribution in [3.05, 3.63) is 18.2 Å². The molecular weight excluding hydrogens is 302 g/mol. The van der Waals surface area contributed by atoms with Crippen LogP contribution in [0.15, 0.2) is 28.0 Å². The summed E-state index contributed by atoms with van der Waals surface area (Å²) in [6.45, 7) is 2.18. The number of nitrogens with zero attached hydrogens (tertiary/aromatic N) is 1. The van der Waals surface area contributed by atoms with Crippen molar-refractivity contribution in [2.75, 3.05) is 25.3 Å². The molecule has 0 heterocycles. The first-order valence-electron chi connectivity index (χ1n) is 5.91. The van der Waals surface area contributed by atoms with E-state index in [-0.39, 0.29) is 15.5 Å². The van der Waals surface area contributed by atoms with Gasteiger partial charge in [-0.1, -0.05) is 6.92 Å². The summed E-state index contributed by atoms with van der Waals surface area (Å²) < 4.78 is 49.1. The highest BCUT2D eigenvalue weighted by Gasteiger charge is 2.25. The van der Waals surface area contributed by atoms with E-state index in [9.17, 15) is 16.8 Å². The summed E-state index contributed by atoms with van der Waals surface area (Å²) in [5.41, 5.74) is 2.43. The van der Waals surface area contributed by atoms with Crippen LogP contribution in [0, 0.1) is 0 Å². The smallest absolute Gasteiger partial charge is 0.244 e. The third kappa shape index (κ3) is 3.48. The van der Waals surface area contributed by atoms with Crippen molar-refractivity contribution in [3.63, 3.8) is 0 Å². The van der Waals surface area contributed by atoms with Crippen molar-refractivity contribution >= 4 is 25.5 Å². The molecule has 0 saturated carbocycles. The maximum atomic E-state index is 12.4. The maximum absolute atomic E-state index is 12.4. The highest BCUT2D eigenvalue weighted by atomic mass is 32.2. The molecule has 1 rings (SSSR count). The van der Waals surface area contributed by atoms with Gasteiger partial charge in [0.2, 0.25) is 10.0 Å². The minimum absolute atomic E-state index is 0.0695. The molecule has 0 atom stereocenters. The van der Waals surface area contributed by atoms with Gasteiger partial charge in [-0.3, -0.25) is 5.84 Å². The van der Waals surface area contributed by atoms with Crippen molar-refractivity contribution in [3.8, 4) is 0 Å². The monoisotopic (exact) mass is 321 g/mol. The van der Waals surface area contributed by atoms with E-state index in [0.717, 1.165) is 16.6 Å². The molecule has 0 bridgehead atoms. The molecule has 0 fully saturated rings. The molecule has 1 aromatic carbocycles. The molecule has 0 amide bonds. The summed E-state index contributed by atoms with van der Waals surface area (Å²) in [5.74, 6) is 5.30. The van der Waals surface area contributed by atoms with Gasteiger partial charge in [0.15, 0.2) is 9.84 Å². The van der Waals surface area contributed by atoms with Crippen molar-refractivity contribution < 1.29 is 16.8 Å². The maximum Gasteiger partial charge on any atom is 0.244 e. The van der Waals surface area contributed by atoms with Crippen molar-refractivity contribution in [2.45, 2.75) is 23.1 Å². The number of benzene rings is 1. The van der Waals surface area contributed by atoms with Gasteiger partial charge in [-0.2, -0.15) is 0 Å². The zero-order valence-electron chi connectivity index (χ0n) is 11.6. The third-order valence-electron chi connectivity index (χ3n) is 2.76. The van der Waals surface area contributed by atoms with Crippen LogP contribution in [0.3, 0.4) is 0 Å². The quantitative estimate of drug-likeness (QED) is 0.580. The minimum Gasteiger partial charge on any atom is -0.323 e. The number of nitrogens with two attached hydrogens (primary N) is 1. The van der Waals surface area contributed by atoms with Crippen LogP contribution in [0.2, 0.25) is 0 Å². The molecule has 9 heteroatoms. The number of sulfone groups is 1. The molecule has 0 aliphatic heterocycles. The van der Waals surface area contributed by atoms with Crippen molar-refractivity contribution in [2.24, 2.45) is 5.84 Å². The Kier molecular flexibility index (Phi) is 5.14. The Labute approximate surface area is 119 Å². The van der Waals surface area contributed by atoms with E-state index in [0.29, 0.717) is 13.0 Å². The van der Waals surface area contributed by atoms with Crippen LogP contribution in [-0.4, -0.2) is 41.0 Å². The average molecular weight is 321 g/mol. The molecule has 20 heavy (non-hydrogen) atoms. The number of hydrogen-bond acceptors (Lipinski definition) is 6. The molecule has 0 radical (unpaired) electrons. The minimum atomic E-state index is -3.80. The Morgan fingerprint density at radius 2 is 1.85 bits per heavy atom. The summed E-state index contributed by atoms with van der Waals surface area (Å²) in [6, 6.07) is 3.76. The Balaban J connectivity index is 3.49. The molecule has 3 N–H and O–H groups in total. The fourth-order valence-corrected chi connectivity index (χ4v) is 3.83. The number of anilines is 1. The molecule has 7 nitrogen and oxygen atoms in total. The Morgan fingerprint density at radius 3 is 2.30 bits per heavy atom. The summed E-state index contributed by atoms with van der Waals surface area (Å²) >= 11 is 0. The zero-order chi connectivity index (χ0) is 15.6. The largest absolute Gasteiger partial charge is 0.323 e. The van der Waals surface area contributed by atoms with E-state index in [2.05, 4.69) is 5.43 Å². The summed E-state index contributed by atoms with van der Waals surface area (Å²) in [6.07, 6.45) is 1.66. The van der Waals surface area contributed by atoms with Gasteiger partial charge in [-0.25, -0.2) is 21.1 Å². The summed E-state index contributed by atoms with van der Waals surface area (Å²) in [5, 5.41) is 0. The molecule has 0 spiro atoms. The van der Waals surface area contributed by atoms with Crippen molar-refractivity contribution in [1.82, 2.24) is 4.31 Å². The second-order valence-electron chi connectivity index (χ2n) is 4.40. The number of hydrazine groups is 1. The predicted octanol–water partition coefficient (Wildman–Crippen LogP) is 0.406. The topological polar surface area (TPSA) is 110 Å². The first-order chi connectivity index (χ1) is 9.14. The Morgan fingerprint density at radius 1 is 1.25 bits per heavy atom. The molecular formula is C11H19N3O4S2. The average Bonchev–Trinajstić information content (AvgIpc) is 2.37. The van der Waals surface area contributed by atoms with Crippen LogP contribution < -0.4 is 11.3 Å². The zero-order valence-corrected chi connectivity index (χ0v) is 13.3. The lowest BCUT2D eigenvalue weighted by Crippen LogP contribution is -2.29. The van der Waals surface area contributed by atoms with Crippen LogP contribution >= 0.6 is 0 Å². The standard InChI is InChI=1S/C11H19N3O4S2/c1-4-7-14(2)20(17,18)11-8-9(19(3,15)16)5-6-10(11)13-12/h5-6,8,13H,4,7,12H2,1-3H3. The van der Waals surface area contributed by atoms with Crippen LogP contribution in [0.4, 0.5) is 5.69 Å². The number of sulfonamides is 1. The van der Waals surface area contributed by atoms with E-state index >= 15 is 0 Å². The van der Waals surface area contributed by atoms with Gasteiger partial charge in [-0.15, -0.1) is 0 Å². The fourth-order valence-electron chi connectivity index (χ4n) is 1.67. The summed E-state index contributed by atoms with van der Waals surface area (Å²) in [4.78, 5) is -0.223. The predicted molar refractivity (Wildman–Crippen MR) is 77.5 cm³/mol. The van der Waals surface area contributed by atoms with Gasteiger partial charge in [0.1, 0.15) is 4.90 Å². The molecule has 0 aromatic heterocycles. The molecule has 0 unspecified atom stereocenters. The van der Waals surface area contributed by atoms with E-state index in [1.54, 1.807) is 0 Å². The van der Waals surface area contributed by atoms with Crippen LogP contribution in [0.1, 0.15) is 13.3 Å². The van der Waals surface area contributed by atoms with Gasteiger partial charge < -0.3 is 5.43 Å². The lowest BCUT2D eigenvalue weighted by atomic mass is 10.3. The van der Waals surface area contributed by atoms with Gasteiger partial charge in [-0.05, 0) is 24.6 Å². The Hall–Kier alpha value is -1.16. The lowest BCUT2D eigenvalue weighted by Gasteiger charge is -2.19. The number of rotatable bonds is 6. The first kappa shape index (κ1) is 16.9. The Bertz CT molecular complexity index is 684. The highest BCUT2D eigenvalue weighted by Crippen LogP contribution is 2.26. The van der Waals surface area contributed by atoms with E-state index < -0.39 is 19.9 Å². The van der Waals surface area contributed by atoms with E-state index in [1.165, 1.54) is 19.2 Å². The third-order valence-corrected chi connectivity index (χ3v) is 5.77. The van der Waals surface area contributed by atoms with Crippen LogP contribution in [0.5, 0.6) is 0 Å². The molecule has 1 aromatic rings. The van der Waals surface area contributed by atoms with Crippen LogP contribution in [0.25, 0.3) is 0 Å². The van der Waals surface area contributed by atoms with E-state index in [4.69, 9.17) is 5.84 Å². The fraction of sp³-hybridized carbons (Fsp3) is 0.455. The van der Waals surface area contributed by atoms with E-state index in [1.807, 2.05) is 6.92 Å². The van der Waals surface area contributed by atoms with Crippen molar-refractivity contribution in [1.29, 1.82) is 0 Å². The number of nitrogen functional groups attached to an aromatic ring is 1.